The predicted octanol–water partition coefficient (Wildman–Crippen LogP) is 3.93. The van der Waals surface area contributed by atoms with Gasteiger partial charge in [-0.25, -0.2) is 4.98 Å². The molecule has 1 aromatic heterocycles. The number of methoxy groups -OCH3 is 2. The maximum absolute atomic E-state index is 12.6. The van der Waals surface area contributed by atoms with E-state index in [4.69, 9.17) is 14.2 Å². The molecule has 152 valence electrons. The van der Waals surface area contributed by atoms with E-state index in [1.165, 1.54) is 0 Å². The van der Waals surface area contributed by atoms with E-state index in [9.17, 15) is 4.79 Å². The predicted molar refractivity (Wildman–Crippen MR) is 113 cm³/mol. The Hall–Kier alpha value is -2.80. The highest BCUT2D eigenvalue weighted by Gasteiger charge is 2.24. The van der Waals surface area contributed by atoms with Crippen molar-refractivity contribution in [1.29, 1.82) is 0 Å². The van der Waals surface area contributed by atoms with Crippen molar-refractivity contribution in [2.45, 2.75) is 25.4 Å². The number of piperidine rings is 1. The van der Waals surface area contributed by atoms with E-state index >= 15 is 0 Å². The third kappa shape index (κ3) is 4.62. The normalized spacial score (nSPS) is 14.8. The minimum Gasteiger partial charge on any atom is -0.497 e. The first-order chi connectivity index (χ1) is 14.1. The fourth-order valence-electron chi connectivity index (χ4n) is 3.46. The van der Waals surface area contributed by atoms with Crippen molar-refractivity contribution in [2.75, 3.05) is 27.3 Å². The fourth-order valence-corrected chi connectivity index (χ4v) is 4.32. The van der Waals surface area contributed by atoms with Gasteiger partial charge in [-0.05, 0) is 29.8 Å². The summed E-state index contributed by atoms with van der Waals surface area (Å²) in [6.07, 6.45) is 2.12. The second kappa shape index (κ2) is 8.69. The first kappa shape index (κ1) is 19.5. The standard InChI is InChI=1S/C22H24N2O4S/c1-26-16-5-3-15(4-6-16)13-21(25)24-11-9-17(10-12-24)28-22-23-19-14-18(27-2)7-8-20(19)29-22/h3-8,14,17H,9-13H2,1-2H3. The quantitative estimate of drug-likeness (QED) is 0.614. The zero-order chi connectivity index (χ0) is 20.2. The summed E-state index contributed by atoms with van der Waals surface area (Å²) < 4.78 is 17.6. The van der Waals surface area contributed by atoms with E-state index in [1.54, 1.807) is 25.6 Å². The summed E-state index contributed by atoms with van der Waals surface area (Å²) in [4.78, 5) is 19.1. The van der Waals surface area contributed by atoms with Gasteiger partial charge < -0.3 is 19.1 Å². The smallest absolute Gasteiger partial charge is 0.274 e. The van der Waals surface area contributed by atoms with Crippen molar-refractivity contribution in [1.82, 2.24) is 9.88 Å². The molecule has 1 aliphatic rings. The van der Waals surface area contributed by atoms with Crippen LogP contribution < -0.4 is 14.2 Å². The molecular formula is C22H24N2O4S. The average Bonchev–Trinajstić information content (AvgIpc) is 3.16. The Morgan fingerprint density at radius 1 is 1.07 bits per heavy atom. The number of benzene rings is 2. The van der Waals surface area contributed by atoms with Crippen LogP contribution in [0.1, 0.15) is 18.4 Å². The lowest BCUT2D eigenvalue weighted by atomic mass is 10.1. The van der Waals surface area contributed by atoms with Crippen LogP contribution in [0.25, 0.3) is 10.2 Å². The maximum atomic E-state index is 12.6. The Morgan fingerprint density at radius 3 is 2.45 bits per heavy atom. The lowest BCUT2D eigenvalue weighted by molar-refractivity contribution is -0.132. The summed E-state index contributed by atoms with van der Waals surface area (Å²) >= 11 is 1.54. The maximum Gasteiger partial charge on any atom is 0.274 e. The van der Waals surface area contributed by atoms with Crippen molar-refractivity contribution in [3.8, 4) is 16.7 Å². The van der Waals surface area contributed by atoms with Crippen LogP contribution in [0.15, 0.2) is 42.5 Å². The Kier molecular flexibility index (Phi) is 5.85. The number of carbonyl (C=O) groups excluding carboxylic acids is 1. The van der Waals surface area contributed by atoms with Gasteiger partial charge in [0.05, 0.1) is 30.9 Å². The molecule has 0 N–H and O–H groups in total. The van der Waals surface area contributed by atoms with Crippen molar-refractivity contribution in [3.05, 3.63) is 48.0 Å². The summed E-state index contributed by atoms with van der Waals surface area (Å²) in [5.74, 6) is 1.74. The number of hydrogen-bond acceptors (Lipinski definition) is 6. The van der Waals surface area contributed by atoms with Gasteiger partial charge in [0.2, 0.25) is 5.91 Å². The second-order valence-electron chi connectivity index (χ2n) is 7.04. The van der Waals surface area contributed by atoms with Crippen LogP contribution in [-0.4, -0.2) is 49.2 Å². The van der Waals surface area contributed by atoms with Gasteiger partial charge in [0, 0.05) is 32.0 Å². The zero-order valence-corrected chi connectivity index (χ0v) is 17.4. The van der Waals surface area contributed by atoms with Crippen molar-refractivity contribution in [3.63, 3.8) is 0 Å². The molecule has 0 aliphatic carbocycles. The van der Waals surface area contributed by atoms with E-state index in [0.717, 1.165) is 40.1 Å². The molecule has 29 heavy (non-hydrogen) atoms. The van der Waals surface area contributed by atoms with E-state index in [-0.39, 0.29) is 12.0 Å². The molecule has 7 heteroatoms. The molecule has 0 spiro atoms. The van der Waals surface area contributed by atoms with E-state index in [1.807, 2.05) is 47.4 Å². The molecular weight excluding hydrogens is 388 g/mol. The third-order valence-corrected chi connectivity index (χ3v) is 6.08. The first-order valence-corrected chi connectivity index (χ1v) is 10.5. The van der Waals surface area contributed by atoms with Crippen LogP contribution in [0.2, 0.25) is 0 Å². The van der Waals surface area contributed by atoms with Crippen LogP contribution in [0.3, 0.4) is 0 Å². The molecule has 6 nitrogen and oxygen atoms in total. The zero-order valence-electron chi connectivity index (χ0n) is 16.6. The van der Waals surface area contributed by atoms with Gasteiger partial charge in [-0.2, -0.15) is 0 Å². The number of thiazole rings is 1. The highest BCUT2D eigenvalue weighted by Crippen LogP contribution is 2.32. The molecule has 0 unspecified atom stereocenters. The summed E-state index contributed by atoms with van der Waals surface area (Å²) in [7, 11) is 3.28. The minimum atomic E-state index is 0.0856. The molecule has 0 radical (unpaired) electrons. The largest absolute Gasteiger partial charge is 0.497 e. The molecule has 0 saturated carbocycles. The SMILES string of the molecule is COc1ccc(CC(=O)N2CCC(Oc3nc4cc(OC)ccc4s3)CC2)cc1. The summed E-state index contributed by atoms with van der Waals surface area (Å²) in [6, 6.07) is 13.5. The van der Waals surface area contributed by atoms with Gasteiger partial charge in [-0.15, -0.1) is 0 Å². The Balaban J connectivity index is 1.30. The number of amides is 1. The van der Waals surface area contributed by atoms with Crippen LogP contribution in [0.4, 0.5) is 0 Å². The summed E-state index contributed by atoms with van der Waals surface area (Å²) in [6.45, 7) is 1.41. The van der Waals surface area contributed by atoms with E-state index in [2.05, 4.69) is 4.98 Å². The number of hydrogen-bond donors (Lipinski definition) is 0. The second-order valence-corrected chi connectivity index (χ2v) is 8.03. The minimum absolute atomic E-state index is 0.0856. The van der Waals surface area contributed by atoms with Crippen molar-refractivity contribution >= 4 is 27.5 Å². The molecule has 4 rings (SSSR count). The first-order valence-electron chi connectivity index (χ1n) is 9.66. The summed E-state index contributed by atoms with van der Waals surface area (Å²) in [5.41, 5.74) is 1.88. The van der Waals surface area contributed by atoms with Crippen LogP contribution in [-0.2, 0) is 11.2 Å². The molecule has 2 aromatic carbocycles. The molecule has 1 fully saturated rings. The lowest BCUT2D eigenvalue weighted by Gasteiger charge is -2.31. The highest BCUT2D eigenvalue weighted by atomic mass is 32.1. The number of likely N-dealkylation sites (tertiary alicyclic amines) is 1. The average molecular weight is 413 g/mol. The van der Waals surface area contributed by atoms with Crippen LogP contribution in [0.5, 0.6) is 16.7 Å². The van der Waals surface area contributed by atoms with Crippen molar-refractivity contribution in [2.24, 2.45) is 0 Å². The molecule has 3 aromatic rings. The molecule has 0 atom stereocenters. The van der Waals surface area contributed by atoms with Crippen LogP contribution in [0, 0.1) is 0 Å². The third-order valence-electron chi connectivity index (χ3n) is 5.15. The van der Waals surface area contributed by atoms with E-state index in [0.29, 0.717) is 24.7 Å². The number of ether oxygens (including phenoxy) is 3. The van der Waals surface area contributed by atoms with Gasteiger partial charge in [0.15, 0.2) is 0 Å². The number of rotatable bonds is 6. The molecule has 1 amide bonds. The van der Waals surface area contributed by atoms with E-state index < -0.39 is 0 Å². The lowest BCUT2D eigenvalue weighted by Crippen LogP contribution is -2.42. The van der Waals surface area contributed by atoms with Crippen molar-refractivity contribution < 1.29 is 19.0 Å². The van der Waals surface area contributed by atoms with Gasteiger partial charge >= 0.3 is 0 Å². The van der Waals surface area contributed by atoms with Gasteiger partial charge in [0.25, 0.3) is 5.19 Å². The monoisotopic (exact) mass is 412 g/mol. The molecule has 2 heterocycles. The molecule has 1 saturated heterocycles. The number of fused-ring (bicyclic) bond motifs is 1. The molecule has 0 bridgehead atoms. The van der Waals surface area contributed by atoms with Gasteiger partial charge in [0.1, 0.15) is 17.6 Å². The van der Waals surface area contributed by atoms with Gasteiger partial charge in [-0.1, -0.05) is 23.5 Å². The van der Waals surface area contributed by atoms with Crippen LogP contribution >= 0.6 is 11.3 Å². The molecule has 1 aliphatic heterocycles. The fraction of sp³-hybridized carbons (Fsp3) is 0.364. The Morgan fingerprint density at radius 2 is 1.76 bits per heavy atom. The highest BCUT2D eigenvalue weighted by molar-refractivity contribution is 7.20. The number of nitrogens with zero attached hydrogens (tertiary/aromatic N) is 2. The number of carbonyl (C=O) groups is 1. The summed E-state index contributed by atoms with van der Waals surface area (Å²) in [5, 5.41) is 0.677. The Labute approximate surface area is 174 Å². The van der Waals surface area contributed by atoms with Gasteiger partial charge in [-0.3, -0.25) is 4.79 Å². The topological polar surface area (TPSA) is 60.9 Å². The number of aromatic nitrogens is 1. The Bertz CT molecular complexity index is 978.